The molecule has 28 heavy (non-hydrogen) atoms. The van der Waals surface area contributed by atoms with E-state index in [0.717, 1.165) is 40.5 Å². The number of aryl methyl sites for hydroxylation is 1. The van der Waals surface area contributed by atoms with Crippen molar-refractivity contribution in [2.45, 2.75) is 32.1 Å². The largest absolute Gasteiger partial charge is 0.491 e. The molecule has 142 valence electrons. The molecule has 0 amide bonds. The predicted octanol–water partition coefficient (Wildman–Crippen LogP) is 3.63. The highest BCUT2D eigenvalue weighted by molar-refractivity contribution is 5.86. The van der Waals surface area contributed by atoms with Crippen LogP contribution >= 0.6 is 0 Å². The summed E-state index contributed by atoms with van der Waals surface area (Å²) in [7, 11) is 0. The number of pyridine rings is 1. The number of hydrogen-bond acceptors (Lipinski definition) is 6. The van der Waals surface area contributed by atoms with Gasteiger partial charge in [0, 0.05) is 23.8 Å². The topological polar surface area (TPSA) is 88.1 Å². The summed E-state index contributed by atoms with van der Waals surface area (Å²) in [5.41, 5.74) is 8.88. The Kier molecular flexibility index (Phi) is 4.09. The lowest BCUT2D eigenvalue weighted by Gasteiger charge is -2.16. The Bertz CT molecular complexity index is 1160. The van der Waals surface area contributed by atoms with Crippen LogP contribution < -0.4 is 10.5 Å². The van der Waals surface area contributed by atoms with Gasteiger partial charge in [-0.05, 0) is 49.6 Å². The lowest BCUT2D eigenvalue weighted by Crippen LogP contribution is -2.18. The van der Waals surface area contributed by atoms with Gasteiger partial charge in [-0.2, -0.15) is 0 Å². The first-order valence-corrected chi connectivity index (χ1v) is 9.40. The molecular weight excluding hydrogens is 354 g/mol. The molecule has 2 atom stereocenters. The molecule has 0 bridgehead atoms. The van der Waals surface area contributed by atoms with E-state index in [4.69, 9.17) is 15.2 Å². The van der Waals surface area contributed by atoms with Gasteiger partial charge in [0.05, 0.1) is 17.0 Å². The smallest absolute Gasteiger partial charge is 0.147 e. The SMILES string of the molecule is Cc1ccnc2cc(OC[C@@H]3CC[C@H](n4ccc5c(N)ncnc54)O3)ccc12. The zero-order valence-electron chi connectivity index (χ0n) is 15.6. The van der Waals surface area contributed by atoms with Crippen LogP contribution in [0.2, 0.25) is 0 Å². The van der Waals surface area contributed by atoms with Crippen molar-refractivity contribution >= 4 is 27.8 Å². The highest BCUT2D eigenvalue weighted by atomic mass is 16.6. The third-order valence-electron chi connectivity index (χ3n) is 5.30. The number of rotatable bonds is 4. The second-order valence-corrected chi connectivity index (χ2v) is 7.13. The molecule has 4 heterocycles. The van der Waals surface area contributed by atoms with E-state index in [2.05, 4.69) is 27.9 Å². The van der Waals surface area contributed by atoms with Crippen molar-refractivity contribution in [2.75, 3.05) is 12.3 Å². The number of benzene rings is 1. The Morgan fingerprint density at radius 1 is 1.14 bits per heavy atom. The molecule has 1 aliphatic rings. The minimum Gasteiger partial charge on any atom is -0.491 e. The van der Waals surface area contributed by atoms with Gasteiger partial charge in [-0.15, -0.1) is 0 Å². The fraction of sp³-hybridized carbons (Fsp3) is 0.286. The minimum absolute atomic E-state index is 0.0304. The summed E-state index contributed by atoms with van der Waals surface area (Å²) >= 11 is 0. The number of nitrogens with two attached hydrogens (primary N) is 1. The molecule has 0 unspecified atom stereocenters. The molecule has 0 aliphatic carbocycles. The molecule has 5 rings (SSSR count). The maximum Gasteiger partial charge on any atom is 0.147 e. The second kappa shape index (κ2) is 6.76. The first-order valence-electron chi connectivity index (χ1n) is 9.40. The Morgan fingerprint density at radius 3 is 3.00 bits per heavy atom. The second-order valence-electron chi connectivity index (χ2n) is 7.13. The van der Waals surface area contributed by atoms with Crippen LogP contribution in [0.25, 0.3) is 21.9 Å². The summed E-state index contributed by atoms with van der Waals surface area (Å²) in [6, 6.07) is 9.97. The van der Waals surface area contributed by atoms with Crippen molar-refractivity contribution in [3.63, 3.8) is 0 Å². The summed E-state index contributed by atoms with van der Waals surface area (Å²) in [5.74, 6) is 1.30. The Labute approximate surface area is 162 Å². The molecule has 0 radical (unpaired) electrons. The molecule has 0 saturated carbocycles. The van der Waals surface area contributed by atoms with Crippen molar-refractivity contribution in [3.05, 3.63) is 54.6 Å². The molecule has 0 spiro atoms. The first-order chi connectivity index (χ1) is 13.7. The maximum absolute atomic E-state index is 6.20. The van der Waals surface area contributed by atoms with E-state index >= 15 is 0 Å². The molecule has 3 aromatic heterocycles. The normalized spacial score (nSPS) is 19.5. The number of nitrogen functional groups attached to an aromatic ring is 1. The molecule has 2 N–H and O–H groups in total. The quantitative estimate of drug-likeness (QED) is 0.586. The lowest BCUT2D eigenvalue weighted by atomic mass is 10.1. The third-order valence-corrected chi connectivity index (χ3v) is 5.30. The van der Waals surface area contributed by atoms with Crippen LogP contribution in [-0.4, -0.2) is 32.2 Å². The number of nitrogens with zero attached hydrogens (tertiary/aromatic N) is 4. The number of fused-ring (bicyclic) bond motifs is 2. The van der Waals surface area contributed by atoms with Crippen LogP contribution in [0.15, 0.2) is 49.1 Å². The maximum atomic E-state index is 6.20. The average Bonchev–Trinajstić information content (AvgIpc) is 3.34. The van der Waals surface area contributed by atoms with E-state index in [1.165, 1.54) is 11.9 Å². The van der Waals surface area contributed by atoms with Crippen LogP contribution in [-0.2, 0) is 4.74 Å². The monoisotopic (exact) mass is 375 g/mol. The van der Waals surface area contributed by atoms with E-state index in [-0.39, 0.29) is 12.3 Å². The summed E-state index contributed by atoms with van der Waals surface area (Å²) in [4.78, 5) is 12.8. The van der Waals surface area contributed by atoms with Crippen LogP contribution in [0.5, 0.6) is 5.75 Å². The fourth-order valence-electron chi connectivity index (χ4n) is 3.79. The molecule has 1 aliphatic heterocycles. The van der Waals surface area contributed by atoms with Crippen LogP contribution in [0.1, 0.15) is 24.6 Å². The van der Waals surface area contributed by atoms with Gasteiger partial charge < -0.3 is 19.8 Å². The van der Waals surface area contributed by atoms with E-state index in [9.17, 15) is 0 Å². The van der Waals surface area contributed by atoms with Gasteiger partial charge in [-0.1, -0.05) is 0 Å². The summed E-state index contributed by atoms with van der Waals surface area (Å²) in [6.45, 7) is 2.59. The summed E-state index contributed by atoms with van der Waals surface area (Å²) < 4.78 is 14.2. The van der Waals surface area contributed by atoms with Crippen LogP contribution in [0.4, 0.5) is 5.82 Å². The lowest BCUT2D eigenvalue weighted by molar-refractivity contribution is -0.0156. The van der Waals surface area contributed by atoms with Gasteiger partial charge in [0.15, 0.2) is 0 Å². The summed E-state index contributed by atoms with van der Waals surface area (Å²) in [5, 5.41) is 2.00. The molecule has 1 fully saturated rings. The van der Waals surface area contributed by atoms with Gasteiger partial charge in [-0.3, -0.25) is 4.98 Å². The number of anilines is 1. The summed E-state index contributed by atoms with van der Waals surface area (Å²) in [6.07, 6.45) is 7.06. The van der Waals surface area contributed by atoms with Gasteiger partial charge in [0.1, 0.15) is 36.4 Å². The van der Waals surface area contributed by atoms with Crippen molar-refractivity contribution in [1.29, 1.82) is 0 Å². The van der Waals surface area contributed by atoms with Crippen molar-refractivity contribution in [1.82, 2.24) is 19.5 Å². The third kappa shape index (κ3) is 2.93. The van der Waals surface area contributed by atoms with Crippen LogP contribution in [0, 0.1) is 6.92 Å². The first kappa shape index (κ1) is 16.9. The fourth-order valence-corrected chi connectivity index (χ4v) is 3.79. The van der Waals surface area contributed by atoms with Crippen molar-refractivity contribution in [3.8, 4) is 5.75 Å². The van der Waals surface area contributed by atoms with E-state index in [1.54, 1.807) is 0 Å². The number of aromatic nitrogens is 4. The zero-order valence-corrected chi connectivity index (χ0v) is 15.6. The molecule has 4 aromatic rings. The Morgan fingerprint density at radius 2 is 2.07 bits per heavy atom. The number of ether oxygens (including phenoxy) is 2. The van der Waals surface area contributed by atoms with Crippen molar-refractivity contribution < 1.29 is 9.47 Å². The average molecular weight is 375 g/mol. The minimum atomic E-state index is -0.0682. The highest BCUT2D eigenvalue weighted by Crippen LogP contribution is 2.32. The van der Waals surface area contributed by atoms with E-state index < -0.39 is 0 Å². The van der Waals surface area contributed by atoms with Crippen molar-refractivity contribution in [2.24, 2.45) is 0 Å². The Hall–Kier alpha value is -3.19. The molecule has 1 saturated heterocycles. The highest BCUT2D eigenvalue weighted by Gasteiger charge is 2.28. The van der Waals surface area contributed by atoms with Gasteiger partial charge >= 0.3 is 0 Å². The molecule has 7 nitrogen and oxygen atoms in total. The molecule has 7 heteroatoms. The molecular formula is C21H21N5O2. The van der Waals surface area contributed by atoms with E-state index in [1.807, 2.05) is 41.2 Å². The van der Waals surface area contributed by atoms with Gasteiger partial charge in [0.2, 0.25) is 0 Å². The van der Waals surface area contributed by atoms with Crippen LogP contribution in [0.3, 0.4) is 0 Å². The Balaban J connectivity index is 1.27. The predicted molar refractivity (Wildman–Crippen MR) is 107 cm³/mol. The standard InChI is InChI=1S/C21H21N5O2/c1-13-6-8-23-18-10-14(2-4-16(13)18)27-11-15-3-5-19(28-15)26-9-7-17-20(22)24-12-25-21(17)26/h2,4,6-10,12,15,19H,3,5,11H2,1H3,(H2,22,24,25)/t15-,19+/m0/s1. The molecule has 1 aromatic carbocycles. The zero-order chi connectivity index (χ0) is 19.1. The number of hydrogen-bond donors (Lipinski definition) is 1. The van der Waals surface area contributed by atoms with E-state index in [0.29, 0.717) is 12.4 Å². The van der Waals surface area contributed by atoms with Gasteiger partial charge in [-0.25, -0.2) is 9.97 Å². The van der Waals surface area contributed by atoms with Gasteiger partial charge in [0.25, 0.3) is 0 Å².